The lowest BCUT2D eigenvalue weighted by atomic mass is 9.78. The molecule has 1 fully saturated rings. The lowest BCUT2D eigenvalue weighted by Gasteiger charge is -2.37. The maximum absolute atomic E-state index is 3.94. The first-order chi connectivity index (χ1) is 10.1. The zero-order valence-corrected chi connectivity index (χ0v) is 14.0. The summed E-state index contributed by atoms with van der Waals surface area (Å²) >= 11 is 0. The summed E-state index contributed by atoms with van der Waals surface area (Å²) in [6.45, 7) is 7.19. The van der Waals surface area contributed by atoms with Crippen LogP contribution < -0.4 is 5.32 Å². The molecule has 0 amide bonds. The van der Waals surface area contributed by atoms with Gasteiger partial charge < -0.3 is 5.32 Å². The standard InChI is InChI=1S/C20H31N/c1-14-7-6-8-15(2)20(14)21-16(3)18-12-11-17-9-4-5-10-19(17)13-18/h11-16,20-21H,4-10H2,1-3H3. The third-order valence-corrected chi connectivity index (χ3v) is 5.86. The average molecular weight is 285 g/mol. The quantitative estimate of drug-likeness (QED) is 0.820. The van der Waals surface area contributed by atoms with Crippen molar-refractivity contribution >= 4 is 0 Å². The van der Waals surface area contributed by atoms with Crippen LogP contribution in [0.15, 0.2) is 18.2 Å². The largest absolute Gasteiger partial charge is 0.307 e. The van der Waals surface area contributed by atoms with Crippen molar-refractivity contribution in [3.63, 3.8) is 0 Å². The van der Waals surface area contributed by atoms with E-state index in [-0.39, 0.29) is 0 Å². The molecule has 2 aliphatic rings. The summed E-state index contributed by atoms with van der Waals surface area (Å²) < 4.78 is 0. The number of nitrogens with one attached hydrogen (secondary N) is 1. The van der Waals surface area contributed by atoms with Crippen LogP contribution in [0.1, 0.15) is 75.6 Å². The van der Waals surface area contributed by atoms with E-state index in [0.717, 1.165) is 11.8 Å². The maximum Gasteiger partial charge on any atom is 0.0294 e. The van der Waals surface area contributed by atoms with Crippen molar-refractivity contribution in [1.29, 1.82) is 0 Å². The summed E-state index contributed by atoms with van der Waals surface area (Å²) in [5.41, 5.74) is 4.69. The normalized spacial score (nSPS) is 30.7. The monoisotopic (exact) mass is 285 g/mol. The molecule has 116 valence electrons. The molecule has 0 aliphatic heterocycles. The van der Waals surface area contributed by atoms with Crippen molar-refractivity contribution in [3.05, 3.63) is 34.9 Å². The van der Waals surface area contributed by atoms with Crippen LogP contribution in [0.4, 0.5) is 0 Å². The molecule has 3 atom stereocenters. The van der Waals surface area contributed by atoms with Crippen LogP contribution in [0.5, 0.6) is 0 Å². The van der Waals surface area contributed by atoms with Gasteiger partial charge in [0.2, 0.25) is 0 Å². The molecule has 21 heavy (non-hydrogen) atoms. The Morgan fingerprint density at radius 3 is 2.33 bits per heavy atom. The van der Waals surface area contributed by atoms with Crippen molar-refractivity contribution in [2.24, 2.45) is 11.8 Å². The fraction of sp³-hybridized carbons (Fsp3) is 0.700. The number of benzene rings is 1. The number of hydrogen-bond acceptors (Lipinski definition) is 1. The first-order valence-corrected chi connectivity index (χ1v) is 9.03. The van der Waals surface area contributed by atoms with E-state index in [2.05, 4.69) is 44.3 Å². The van der Waals surface area contributed by atoms with Gasteiger partial charge in [0.05, 0.1) is 0 Å². The zero-order valence-electron chi connectivity index (χ0n) is 14.0. The summed E-state index contributed by atoms with van der Waals surface area (Å²) in [7, 11) is 0. The molecule has 1 N–H and O–H groups in total. The van der Waals surface area contributed by atoms with Gasteiger partial charge in [-0.25, -0.2) is 0 Å². The molecule has 3 unspecified atom stereocenters. The molecule has 1 aromatic rings. The third-order valence-electron chi connectivity index (χ3n) is 5.86. The van der Waals surface area contributed by atoms with Gasteiger partial charge in [0.15, 0.2) is 0 Å². The minimum Gasteiger partial charge on any atom is -0.307 e. The topological polar surface area (TPSA) is 12.0 Å². The highest BCUT2D eigenvalue weighted by atomic mass is 15.0. The van der Waals surface area contributed by atoms with Gasteiger partial charge in [-0.2, -0.15) is 0 Å². The Morgan fingerprint density at radius 2 is 1.62 bits per heavy atom. The molecule has 1 saturated carbocycles. The van der Waals surface area contributed by atoms with E-state index in [0.29, 0.717) is 12.1 Å². The second kappa shape index (κ2) is 6.52. The van der Waals surface area contributed by atoms with E-state index in [4.69, 9.17) is 0 Å². The Labute approximate surface area is 130 Å². The van der Waals surface area contributed by atoms with Gasteiger partial charge in [-0.05, 0) is 74.0 Å². The fourth-order valence-corrected chi connectivity index (χ4v) is 4.42. The van der Waals surface area contributed by atoms with Crippen LogP contribution in [0.25, 0.3) is 0 Å². The molecule has 1 nitrogen and oxygen atoms in total. The van der Waals surface area contributed by atoms with E-state index in [1.54, 1.807) is 11.1 Å². The van der Waals surface area contributed by atoms with Gasteiger partial charge in [0.1, 0.15) is 0 Å². The Morgan fingerprint density at radius 1 is 0.952 bits per heavy atom. The number of fused-ring (bicyclic) bond motifs is 1. The highest BCUT2D eigenvalue weighted by molar-refractivity contribution is 5.35. The Bertz CT molecular complexity index is 469. The van der Waals surface area contributed by atoms with E-state index in [1.165, 1.54) is 50.5 Å². The Kier molecular flexibility index (Phi) is 4.69. The van der Waals surface area contributed by atoms with Gasteiger partial charge in [-0.15, -0.1) is 0 Å². The fourth-order valence-electron chi connectivity index (χ4n) is 4.42. The molecular formula is C20H31N. The Hall–Kier alpha value is -0.820. The van der Waals surface area contributed by atoms with Crippen molar-refractivity contribution in [2.75, 3.05) is 0 Å². The van der Waals surface area contributed by atoms with Crippen LogP contribution in [0, 0.1) is 11.8 Å². The van der Waals surface area contributed by atoms with Crippen molar-refractivity contribution < 1.29 is 0 Å². The molecule has 0 aromatic heterocycles. The van der Waals surface area contributed by atoms with Gasteiger partial charge in [0.25, 0.3) is 0 Å². The van der Waals surface area contributed by atoms with Gasteiger partial charge >= 0.3 is 0 Å². The lowest BCUT2D eigenvalue weighted by molar-refractivity contribution is 0.196. The molecule has 0 spiro atoms. The van der Waals surface area contributed by atoms with Crippen LogP contribution >= 0.6 is 0 Å². The predicted molar refractivity (Wildman–Crippen MR) is 90.6 cm³/mol. The smallest absolute Gasteiger partial charge is 0.0294 e. The highest BCUT2D eigenvalue weighted by Crippen LogP contribution is 2.31. The summed E-state index contributed by atoms with van der Waals surface area (Å²) in [5, 5.41) is 3.94. The van der Waals surface area contributed by atoms with Crippen LogP contribution in [-0.4, -0.2) is 6.04 Å². The van der Waals surface area contributed by atoms with Gasteiger partial charge in [-0.1, -0.05) is 38.5 Å². The van der Waals surface area contributed by atoms with Crippen molar-refractivity contribution in [1.82, 2.24) is 5.32 Å². The third kappa shape index (κ3) is 3.34. The summed E-state index contributed by atoms with van der Waals surface area (Å²) in [4.78, 5) is 0. The second-order valence-electron chi connectivity index (χ2n) is 7.53. The van der Waals surface area contributed by atoms with Gasteiger partial charge in [-0.3, -0.25) is 0 Å². The van der Waals surface area contributed by atoms with E-state index in [9.17, 15) is 0 Å². The molecule has 0 heterocycles. The summed E-state index contributed by atoms with van der Waals surface area (Å²) in [5.74, 6) is 1.63. The molecule has 2 aliphatic carbocycles. The van der Waals surface area contributed by atoms with E-state index < -0.39 is 0 Å². The molecule has 1 heteroatoms. The Balaban J connectivity index is 1.71. The van der Waals surface area contributed by atoms with Crippen LogP contribution in [-0.2, 0) is 12.8 Å². The van der Waals surface area contributed by atoms with Crippen molar-refractivity contribution in [3.8, 4) is 0 Å². The highest BCUT2D eigenvalue weighted by Gasteiger charge is 2.28. The molecule has 0 radical (unpaired) electrons. The SMILES string of the molecule is CC(NC1C(C)CCCC1C)c1ccc2c(c1)CCCC2. The first kappa shape index (κ1) is 15.1. The maximum atomic E-state index is 3.94. The number of aryl methyl sites for hydroxylation is 2. The van der Waals surface area contributed by atoms with Gasteiger partial charge in [0, 0.05) is 12.1 Å². The molecule has 1 aromatic carbocycles. The molecule has 0 bridgehead atoms. The molecular weight excluding hydrogens is 254 g/mol. The first-order valence-electron chi connectivity index (χ1n) is 9.03. The lowest BCUT2D eigenvalue weighted by Crippen LogP contribution is -2.43. The minimum atomic E-state index is 0.477. The predicted octanol–water partition coefficient (Wildman–Crippen LogP) is 5.04. The zero-order chi connectivity index (χ0) is 14.8. The number of rotatable bonds is 3. The van der Waals surface area contributed by atoms with E-state index >= 15 is 0 Å². The summed E-state index contributed by atoms with van der Waals surface area (Å²) in [6, 6.07) is 8.38. The minimum absolute atomic E-state index is 0.477. The van der Waals surface area contributed by atoms with E-state index in [1.807, 2.05) is 0 Å². The average Bonchev–Trinajstić information content (AvgIpc) is 2.50. The second-order valence-corrected chi connectivity index (χ2v) is 7.53. The van der Waals surface area contributed by atoms with Crippen molar-refractivity contribution in [2.45, 2.75) is 77.8 Å². The van der Waals surface area contributed by atoms with Crippen LogP contribution in [0.2, 0.25) is 0 Å². The molecule has 0 saturated heterocycles. The number of hydrogen-bond donors (Lipinski definition) is 1. The molecule has 3 rings (SSSR count). The summed E-state index contributed by atoms with van der Waals surface area (Å²) in [6.07, 6.45) is 9.50. The van der Waals surface area contributed by atoms with Crippen LogP contribution in [0.3, 0.4) is 0 Å².